The van der Waals surface area contributed by atoms with E-state index in [9.17, 15) is 14.4 Å². The van der Waals surface area contributed by atoms with E-state index in [-0.39, 0.29) is 34.8 Å². The van der Waals surface area contributed by atoms with E-state index in [1.54, 1.807) is 13.8 Å². The number of carbonyl (C=O) groups excluding carboxylic acids is 3. The molecule has 1 saturated heterocycles. The molecule has 0 N–H and O–H groups in total. The van der Waals surface area contributed by atoms with Gasteiger partial charge in [0.25, 0.3) is 0 Å². The number of hydrogen-bond acceptors (Lipinski definition) is 6. The van der Waals surface area contributed by atoms with Crippen molar-refractivity contribution >= 4 is 17.9 Å². The fraction of sp³-hybridized carbons (Fsp3) is 0.864. The molecule has 6 nitrogen and oxygen atoms in total. The fourth-order valence-electron chi connectivity index (χ4n) is 4.25. The highest BCUT2D eigenvalue weighted by Gasteiger charge is 2.68. The summed E-state index contributed by atoms with van der Waals surface area (Å²) in [6, 6.07) is 0. The summed E-state index contributed by atoms with van der Waals surface area (Å²) in [6.07, 6.45) is 2.13. The van der Waals surface area contributed by atoms with Crippen LogP contribution in [0.2, 0.25) is 0 Å². The first-order chi connectivity index (χ1) is 12.8. The second-order valence-electron chi connectivity index (χ2n) is 10.4. The molecule has 1 aliphatic heterocycles. The zero-order valence-corrected chi connectivity index (χ0v) is 18.4. The van der Waals surface area contributed by atoms with Crippen LogP contribution in [-0.4, -0.2) is 36.7 Å². The highest BCUT2D eigenvalue weighted by molar-refractivity contribution is 5.85. The summed E-state index contributed by atoms with van der Waals surface area (Å²) >= 11 is 0. The van der Waals surface area contributed by atoms with E-state index in [0.29, 0.717) is 19.4 Å². The molecule has 0 bridgehead atoms. The van der Waals surface area contributed by atoms with Gasteiger partial charge < -0.3 is 14.2 Å². The third-order valence-electron chi connectivity index (χ3n) is 6.04. The van der Waals surface area contributed by atoms with Gasteiger partial charge in [-0.05, 0) is 56.8 Å². The molecular weight excluding hydrogens is 360 g/mol. The van der Waals surface area contributed by atoms with Gasteiger partial charge in [0.05, 0.1) is 24.0 Å². The molecule has 1 aliphatic carbocycles. The van der Waals surface area contributed by atoms with Gasteiger partial charge in [0.1, 0.15) is 0 Å². The van der Waals surface area contributed by atoms with Crippen molar-refractivity contribution in [2.45, 2.75) is 92.8 Å². The predicted molar refractivity (Wildman–Crippen MR) is 104 cm³/mol. The van der Waals surface area contributed by atoms with Crippen molar-refractivity contribution in [2.24, 2.45) is 22.2 Å². The zero-order chi connectivity index (χ0) is 21.3. The normalized spacial score (nSPS) is 28.2. The predicted octanol–water partition coefficient (Wildman–Crippen LogP) is 4.05. The molecule has 2 rings (SSSR count). The van der Waals surface area contributed by atoms with E-state index < -0.39 is 17.5 Å². The van der Waals surface area contributed by atoms with Crippen LogP contribution in [0.3, 0.4) is 0 Å². The van der Waals surface area contributed by atoms with Crippen LogP contribution in [-0.2, 0) is 28.6 Å². The Hall–Kier alpha value is -1.59. The average molecular weight is 397 g/mol. The van der Waals surface area contributed by atoms with Gasteiger partial charge in [-0.2, -0.15) is 0 Å². The first-order valence-electron chi connectivity index (χ1n) is 10.4. The summed E-state index contributed by atoms with van der Waals surface area (Å²) in [6.45, 7) is 14.3. The molecule has 28 heavy (non-hydrogen) atoms. The summed E-state index contributed by atoms with van der Waals surface area (Å²) < 4.78 is 15.9. The molecule has 4 unspecified atom stereocenters. The molecule has 160 valence electrons. The Balaban J connectivity index is 1.84. The van der Waals surface area contributed by atoms with Gasteiger partial charge in [0.2, 0.25) is 0 Å². The zero-order valence-electron chi connectivity index (χ0n) is 18.4. The van der Waals surface area contributed by atoms with Crippen molar-refractivity contribution in [3.05, 3.63) is 0 Å². The maximum Gasteiger partial charge on any atom is 0.347 e. The lowest BCUT2D eigenvalue weighted by atomic mass is 9.79. The van der Waals surface area contributed by atoms with Crippen molar-refractivity contribution in [1.29, 1.82) is 0 Å². The molecule has 0 amide bonds. The van der Waals surface area contributed by atoms with Crippen molar-refractivity contribution in [1.82, 2.24) is 0 Å². The summed E-state index contributed by atoms with van der Waals surface area (Å²) in [5, 5.41) is 0. The molecule has 2 fully saturated rings. The Labute approximate surface area is 168 Å². The monoisotopic (exact) mass is 396 g/mol. The summed E-state index contributed by atoms with van der Waals surface area (Å²) in [5.74, 6) is -1.12. The Morgan fingerprint density at radius 3 is 2.29 bits per heavy atom. The van der Waals surface area contributed by atoms with Crippen molar-refractivity contribution in [2.75, 3.05) is 6.61 Å². The van der Waals surface area contributed by atoms with E-state index in [1.165, 1.54) is 0 Å². The minimum atomic E-state index is -0.945. The maximum absolute atomic E-state index is 12.9. The highest BCUT2D eigenvalue weighted by Crippen LogP contribution is 2.68. The van der Waals surface area contributed by atoms with E-state index >= 15 is 0 Å². The molecule has 0 aromatic rings. The number of cyclic esters (lactones) is 1. The topological polar surface area (TPSA) is 78.9 Å². The van der Waals surface area contributed by atoms with Crippen molar-refractivity contribution in [3.63, 3.8) is 0 Å². The number of ether oxygens (including phenoxy) is 3. The maximum atomic E-state index is 12.9. The third-order valence-corrected chi connectivity index (χ3v) is 6.04. The van der Waals surface area contributed by atoms with Crippen LogP contribution >= 0.6 is 0 Å². The SMILES string of the molecule is CC(CCC1CCOC1=O)OC(=O)C(C)OC(=O)C1(CC(C)(C)C)CC1(C)C. The lowest BCUT2D eigenvalue weighted by Crippen LogP contribution is -2.35. The summed E-state index contributed by atoms with van der Waals surface area (Å²) in [7, 11) is 0. The van der Waals surface area contributed by atoms with Gasteiger partial charge in [-0.25, -0.2) is 4.79 Å². The second-order valence-corrected chi connectivity index (χ2v) is 10.4. The van der Waals surface area contributed by atoms with Crippen LogP contribution in [0, 0.1) is 22.2 Å². The van der Waals surface area contributed by atoms with Gasteiger partial charge in [-0.15, -0.1) is 0 Å². The highest BCUT2D eigenvalue weighted by atomic mass is 16.6. The fourth-order valence-corrected chi connectivity index (χ4v) is 4.25. The molecular formula is C22H36O6. The van der Waals surface area contributed by atoms with Crippen LogP contribution in [0.1, 0.15) is 80.6 Å². The van der Waals surface area contributed by atoms with Crippen LogP contribution in [0.25, 0.3) is 0 Å². The lowest BCUT2D eigenvalue weighted by molar-refractivity contribution is -0.174. The number of carbonyl (C=O) groups is 3. The first-order valence-corrected chi connectivity index (χ1v) is 10.4. The largest absolute Gasteiger partial charge is 0.465 e. The molecule has 0 radical (unpaired) electrons. The van der Waals surface area contributed by atoms with Crippen LogP contribution in [0.15, 0.2) is 0 Å². The molecule has 4 atom stereocenters. The minimum absolute atomic E-state index is 0.00750. The Kier molecular flexibility index (Phi) is 6.51. The molecule has 6 heteroatoms. The standard InChI is InChI=1S/C22H36O6/c1-14(8-9-16-10-11-26-18(16)24)27-17(23)15(2)28-19(25)22(12-20(3,4)5)13-21(22,6)7/h14-16H,8-13H2,1-7H3. The molecule has 0 spiro atoms. The molecule has 1 heterocycles. The molecule has 2 aliphatic rings. The smallest absolute Gasteiger partial charge is 0.347 e. The van der Waals surface area contributed by atoms with Crippen molar-refractivity contribution in [3.8, 4) is 0 Å². The van der Waals surface area contributed by atoms with Crippen molar-refractivity contribution < 1.29 is 28.6 Å². The van der Waals surface area contributed by atoms with Crippen LogP contribution in [0.4, 0.5) is 0 Å². The quantitative estimate of drug-likeness (QED) is 0.455. The summed E-state index contributed by atoms with van der Waals surface area (Å²) in [4.78, 5) is 36.7. The minimum Gasteiger partial charge on any atom is -0.465 e. The van der Waals surface area contributed by atoms with E-state index in [0.717, 1.165) is 19.3 Å². The van der Waals surface area contributed by atoms with E-state index in [4.69, 9.17) is 14.2 Å². The van der Waals surface area contributed by atoms with Gasteiger partial charge in [0.15, 0.2) is 6.10 Å². The van der Waals surface area contributed by atoms with Gasteiger partial charge in [-0.1, -0.05) is 34.6 Å². The van der Waals surface area contributed by atoms with E-state index in [1.807, 2.05) is 0 Å². The Morgan fingerprint density at radius 1 is 1.21 bits per heavy atom. The Bertz CT molecular complexity index is 617. The number of rotatable bonds is 8. The van der Waals surface area contributed by atoms with Crippen LogP contribution in [0.5, 0.6) is 0 Å². The molecule has 1 saturated carbocycles. The molecule has 0 aromatic carbocycles. The number of hydrogen-bond donors (Lipinski definition) is 0. The molecule has 0 aromatic heterocycles. The van der Waals surface area contributed by atoms with Gasteiger partial charge in [-0.3, -0.25) is 9.59 Å². The summed E-state index contributed by atoms with van der Waals surface area (Å²) in [5.41, 5.74) is -0.662. The van der Waals surface area contributed by atoms with Gasteiger partial charge in [0, 0.05) is 0 Å². The Morgan fingerprint density at radius 2 is 1.82 bits per heavy atom. The first kappa shape index (κ1) is 22.7. The lowest BCUT2D eigenvalue weighted by Gasteiger charge is -2.28. The van der Waals surface area contributed by atoms with Gasteiger partial charge >= 0.3 is 17.9 Å². The number of esters is 3. The average Bonchev–Trinajstić information content (AvgIpc) is 2.86. The third kappa shape index (κ3) is 5.26. The van der Waals surface area contributed by atoms with Crippen LogP contribution < -0.4 is 0 Å². The van der Waals surface area contributed by atoms with E-state index in [2.05, 4.69) is 34.6 Å². The second kappa shape index (κ2) is 8.03.